The summed E-state index contributed by atoms with van der Waals surface area (Å²) >= 11 is 0. The molecule has 710 valence electrons. The number of methoxy groups -OCH3 is 2. The number of rotatable bonds is 44. The number of nitrogens with two attached hydrogens (primary N) is 2. The van der Waals surface area contributed by atoms with E-state index in [-0.39, 0.29) is 74.2 Å². The number of ketones is 3. The number of carbonyl (C=O) groups is 7. The molecule has 2 saturated heterocycles. The Bertz CT molecular complexity index is 4380. The third-order valence-corrected chi connectivity index (χ3v) is 23.9. The van der Waals surface area contributed by atoms with E-state index in [9.17, 15) is 48.9 Å². The van der Waals surface area contributed by atoms with E-state index in [4.69, 9.17) is 78.1 Å². The third-order valence-electron chi connectivity index (χ3n) is 23.9. The van der Waals surface area contributed by atoms with Gasteiger partial charge in [-0.3, -0.25) is 24.0 Å². The van der Waals surface area contributed by atoms with E-state index in [1.165, 1.54) is 26.4 Å². The zero-order valence-electron chi connectivity index (χ0n) is 75.8. The lowest BCUT2D eigenvalue weighted by atomic mass is 9.80. The standard InChI is InChI=1S/C91H138N14O23/c1-60-18-10-9-11-19-61(2)72(99-90(114)117-8)55-70-24-22-65(6)91(115,128-70)84(111)88(112)104-30-15-12-21-73(104)89(113)127-76(56-74(106)62(3)51-64(5)82(109)83(110)81(108)63(4)50-60)71(92)52-66-23-25-75(77(53-66)116-7)126-33-17-13-20-69-58-103(102-100-69)32-35-119-37-39-121-41-43-123-45-47-125-49-48-124-46-44-122-42-40-120-38-36-118-34-27-78(107)94-28-14-16-31-105-87-79(85(93)97-59-98-87)80(101-105)68-54-67-26-29-95-86(67)96-57-68/h9-11,18-19,26,29,51,54,57-60,62-63,65-66,70-73,75-77,82-83,109-110,115H,12-17,20-25,27-28,30-50,52-53,55-56,92H2,1-8H3,(H,94,107)(H,95,96)(H,99,114)(H2,93,97,98)/b11-9+,18-10+,61-19+,64-51+/t60-,62-,63-,65-,66+,70+,71-,72+,73+,75-,76+,77-,82-,83+,91-/m1/s1. The average Bonchev–Trinajstić information content (AvgIpc) is 1.73. The number of esters is 1. The summed E-state index contributed by atoms with van der Waals surface area (Å²) in [5.74, 6) is -9.13. The van der Waals surface area contributed by atoms with Gasteiger partial charge < -0.3 is 109 Å². The Morgan fingerprint density at radius 1 is 0.734 bits per heavy atom. The number of fused-ring (bicyclic) bond motifs is 5. The van der Waals surface area contributed by atoms with Crippen LogP contribution in [0.25, 0.3) is 33.3 Å². The van der Waals surface area contributed by atoms with Crippen LogP contribution in [0.5, 0.6) is 0 Å². The topological polar surface area (TPSA) is 482 Å². The number of allylic oxidation sites excluding steroid dienone is 6. The molecule has 15 atom stereocenters. The Hall–Kier alpha value is -8.77. The summed E-state index contributed by atoms with van der Waals surface area (Å²) in [5.41, 5.74) is 18.0. The molecule has 37 heteroatoms. The smallest absolute Gasteiger partial charge is 0.407 e. The van der Waals surface area contributed by atoms with Gasteiger partial charge in [-0.25, -0.2) is 33.9 Å². The van der Waals surface area contributed by atoms with Crippen LogP contribution in [0.15, 0.2) is 84.7 Å². The van der Waals surface area contributed by atoms with Gasteiger partial charge in [0.25, 0.3) is 11.7 Å². The molecule has 5 aromatic heterocycles. The lowest BCUT2D eigenvalue weighted by molar-refractivity contribution is -0.264. The van der Waals surface area contributed by atoms with E-state index < -0.39 is 101 Å². The van der Waals surface area contributed by atoms with Crippen LogP contribution in [0, 0.1) is 29.6 Å². The van der Waals surface area contributed by atoms with E-state index in [1.807, 2.05) is 42.2 Å². The van der Waals surface area contributed by atoms with E-state index >= 15 is 0 Å². The first-order chi connectivity index (χ1) is 61.8. The number of alkyl carbamates (subject to hydrolysis) is 1. The molecule has 9 rings (SSSR count). The van der Waals surface area contributed by atoms with Crippen molar-refractivity contribution in [2.75, 3.05) is 145 Å². The number of aromatic nitrogens is 9. The number of aromatic amines is 1. The second kappa shape index (κ2) is 54.8. The minimum absolute atomic E-state index is 0.0158. The summed E-state index contributed by atoms with van der Waals surface area (Å²) in [5, 5.41) is 55.6. The molecule has 0 radical (unpaired) electrons. The van der Waals surface area contributed by atoms with Crippen LogP contribution >= 0.6 is 0 Å². The van der Waals surface area contributed by atoms with E-state index in [0.29, 0.717) is 218 Å². The number of hydrogen-bond donors (Lipinski definition) is 8. The first kappa shape index (κ1) is 103. The van der Waals surface area contributed by atoms with Gasteiger partial charge in [0.1, 0.15) is 53.6 Å². The number of nitrogens with one attached hydrogen (secondary N) is 3. The fraction of sp³-hybridized carbons (Fsp3) is 0.681. The molecule has 0 spiro atoms. The number of Topliss-reactive ketones (excluding diaryl/α,β-unsaturated/α-hetero) is 3. The van der Waals surface area contributed by atoms with Crippen molar-refractivity contribution in [3.8, 4) is 11.3 Å². The van der Waals surface area contributed by atoms with Gasteiger partial charge in [0.05, 0.1) is 155 Å². The normalized spacial score (nSPS) is 26.3. The van der Waals surface area contributed by atoms with Crippen molar-refractivity contribution in [1.82, 2.24) is 60.2 Å². The molecule has 3 fully saturated rings. The van der Waals surface area contributed by atoms with Crippen molar-refractivity contribution >= 4 is 69.1 Å². The number of ether oxygens (including phenoxy) is 13. The van der Waals surface area contributed by atoms with Gasteiger partial charge >= 0.3 is 12.1 Å². The first-order valence-electron chi connectivity index (χ1n) is 45.4. The van der Waals surface area contributed by atoms with Crippen LogP contribution in [-0.2, 0) is 110 Å². The highest BCUT2D eigenvalue weighted by Gasteiger charge is 2.53. The molecule has 5 aromatic rings. The Morgan fingerprint density at radius 3 is 2.11 bits per heavy atom. The number of piperidine rings is 1. The van der Waals surface area contributed by atoms with Gasteiger partial charge in [-0.1, -0.05) is 74.9 Å². The maximum atomic E-state index is 14.7. The molecule has 0 aromatic carbocycles. The van der Waals surface area contributed by atoms with Gasteiger partial charge in [-0.2, -0.15) is 5.10 Å². The monoisotopic (exact) mass is 1800 g/mol. The van der Waals surface area contributed by atoms with Crippen molar-refractivity contribution < 1.29 is 110 Å². The summed E-state index contributed by atoms with van der Waals surface area (Å²) in [6, 6.07) is 1.07. The fourth-order valence-electron chi connectivity index (χ4n) is 16.3. The SMILES string of the molecule is COC(=O)N[C@H]1C[C@@H]2CC[C@@H](C)[C@@](O)(O2)C(=O)C(=O)N2CCCC[C@H]2C(=O)O[C@H]([C@H](N)C[C@@H]2CC[C@@H](OCCCCc3cn(CCOCCOCCOCCOCCOCCOCCOCCOCCC(=O)NCCCCn4nc(-c5cnc6[nH]ccc6c5)c5c(N)ncnc54)nn3)[C@H](OC)C2)CC(=O)[C@H](C)/C=C(\C)[C@@H](O)[C@@H](O)C(=O)[C@H](C)C[C@H](C)/C=C/C=C/C=C/1C. The summed E-state index contributed by atoms with van der Waals surface area (Å²) in [6.07, 6.45) is 18.8. The Kier molecular flexibility index (Phi) is 44.1. The van der Waals surface area contributed by atoms with Crippen molar-refractivity contribution in [1.29, 1.82) is 0 Å². The minimum Gasteiger partial charge on any atom is -0.459 e. The zero-order valence-corrected chi connectivity index (χ0v) is 75.8. The number of H-pyrrole nitrogens is 1. The molecule has 1 saturated carbocycles. The maximum Gasteiger partial charge on any atom is 0.407 e. The van der Waals surface area contributed by atoms with Crippen molar-refractivity contribution in [2.24, 2.45) is 35.3 Å². The molecule has 3 amide bonds. The molecule has 37 nitrogen and oxygen atoms in total. The predicted octanol–water partition coefficient (Wildman–Crippen LogP) is 6.95. The van der Waals surface area contributed by atoms with E-state index in [0.717, 1.165) is 52.9 Å². The van der Waals surface area contributed by atoms with Crippen molar-refractivity contribution in [3.05, 3.63) is 90.3 Å². The number of aliphatic hydroxyl groups excluding tert-OH is 2. The number of pyridine rings is 1. The molecule has 1 aliphatic carbocycles. The molecule has 10 N–H and O–H groups in total. The highest BCUT2D eigenvalue weighted by molar-refractivity contribution is 6.39. The van der Waals surface area contributed by atoms with Gasteiger partial charge in [-0.15, -0.1) is 5.10 Å². The van der Waals surface area contributed by atoms with Crippen LogP contribution in [0.3, 0.4) is 0 Å². The number of aryl methyl sites for hydroxylation is 2. The molecule has 0 unspecified atom stereocenters. The molecule has 8 heterocycles. The number of nitrogens with zero attached hydrogens (tertiary/aromatic N) is 9. The van der Waals surface area contributed by atoms with Gasteiger partial charge in [-0.05, 0) is 146 Å². The second-order valence-electron chi connectivity index (χ2n) is 33.7. The Balaban J connectivity index is 0.592. The molecule has 4 aliphatic rings. The zero-order chi connectivity index (χ0) is 91.7. The highest BCUT2D eigenvalue weighted by Crippen LogP contribution is 2.38. The molecular weight excluding hydrogens is 1660 g/mol. The number of hydrogen-bond acceptors (Lipinski definition) is 31. The van der Waals surface area contributed by atoms with Gasteiger partial charge in [0, 0.05) is 99.5 Å². The number of anilines is 1. The van der Waals surface area contributed by atoms with Gasteiger partial charge in [0.2, 0.25) is 11.7 Å². The summed E-state index contributed by atoms with van der Waals surface area (Å²) in [4.78, 5) is 114. The second-order valence-corrected chi connectivity index (χ2v) is 33.7. The van der Waals surface area contributed by atoms with E-state index in [1.54, 1.807) is 70.0 Å². The largest absolute Gasteiger partial charge is 0.459 e. The number of carbonyl (C=O) groups excluding carboxylic acids is 7. The van der Waals surface area contributed by atoms with Crippen LogP contribution < -0.4 is 22.1 Å². The van der Waals surface area contributed by atoms with Crippen LogP contribution in [0.4, 0.5) is 10.6 Å². The number of nitrogen functional groups attached to an aromatic ring is 1. The lowest BCUT2D eigenvalue weighted by Crippen LogP contribution is -2.61. The summed E-state index contributed by atoms with van der Waals surface area (Å²) in [7, 11) is 2.86. The average molecular weight is 1800 g/mol. The number of cyclic esters (lactones) is 1. The van der Waals surface area contributed by atoms with Gasteiger partial charge in [0.15, 0.2) is 11.4 Å². The number of amides is 3. The van der Waals surface area contributed by atoms with E-state index in [2.05, 4.69) is 40.9 Å². The number of unbranched alkanes of at least 4 members (excludes halogenated alkanes) is 2. The highest BCUT2D eigenvalue weighted by atomic mass is 16.6. The maximum absolute atomic E-state index is 14.7. The first-order valence-corrected chi connectivity index (χ1v) is 45.4. The Morgan fingerprint density at radius 2 is 1.42 bits per heavy atom. The molecule has 2 bridgehead atoms. The number of aliphatic hydroxyl groups is 3. The molecular formula is C91H138N14O23. The Labute approximate surface area is 749 Å². The fourth-order valence-corrected chi connectivity index (χ4v) is 16.3. The lowest BCUT2D eigenvalue weighted by Gasteiger charge is -2.43. The van der Waals surface area contributed by atoms with Crippen LogP contribution in [0.2, 0.25) is 0 Å². The molecule has 128 heavy (non-hydrogen) atoms. The third kappa shape index (κ3) is 32.7. The van der Waals surface area contributed by atoms with Crippen LogP contribution in [0.1, 0.15) is 156 Å². The molecule has 3 aliphatic heterocycles. The minimum atomic E-state index is -2.59. The quantitative estimate of drug-likeness (QED) is 0.00846. The predicted molar refractivity (Wildman–Crippen MR) is 473 cm³/mol. The summed E-state index contributed by atoms with van der Waals surface area (Å²) in [6.45, 7) is 18.8. The van der Waals surface area contributed by atoms with Crippen molar-refractivity contribution in [2.45, 2.75) is 231 Å². The summed E-state index contributed by atoms with van der Waals surface area (Å²) < 4.78 is 78.4. The van der Waals surface area contributed by atoms with Crippen LogP contribution in [-0.4, -0.2) is 306 Å². The van der Waals surface area contributed by atoms with Crippen molar-refractivity contribution in [3.63, 3.8) is 0 Å².